The van der Waals surface area contributed by atoms with Crippen molar-refractivity contribution in [2.45, 2.75) is 19.5 Å². The van der Waals surface area contributed by atoms with E-state index in [4.69, 9.17) is 15.2 Å². The van der Waals surface area contributed by atoms with Crippen LogP contribution in [0.1, 0.15) is 12.5 Å². The van der Waals surface area contributed by atoms with E-state index >= 15 is 0 Å². The van der Waals surface area contributed by atoms with Gasteiger partial charge >= 0.3 is 0 Å². The van der Waals surface area contributed by atoms with Gasteiger partial charge in [0.2, 0.25) is 5.91 Å². The molecule has 5 heteroatoms. The number of ether oxygens (including phenoxy) is 2. The third-order valence-corrected chi connectivity index (χ3v) is 3.10. The summed E-state index contributed by atoms with van der Waals surface area (Å²) in [6.45, 7) is 2.09. The second-order valence-corrected chi connectivity index (χ2v) is 4.90. The molecule has 0 unspecified atom stereocenters. The van der Waals surface area contributed by atoms with Crippen molar-refractivity contribution in [1.82, 2.24) is 5.32 Å². The molecule has 2 aromatic rings. The molecule has 0 aliphatic rings. The lowest BCUT2D eigenvalue weighted by atomic mass is 10.2. The number of carbonyl (C=O) groups is 1. The average molecular weight is 300 g/mol. The van der Waals surface area contributed by atoms with Crippen LogP contribution in [0.15, 0.2) is 48.5 Å². The van der Waals surface area contributed by atoms with E-state index in [1.807, 2.05) is 48.5 Å². The molecule has 0 aromatic heterocycles. The van der Waals surface area contributed by atoms with Crippen LogP contribution < -0.4 is 20.5 Å². The van der Waals surface area contributed by atoms with E-state index in [1.165, 1.54) is 0 Å². The first kappa shape index (κ1) is 15.9. The molecule has 0 bridgehead atoms. The number of methoxy groups -OCH3 is 1. The van der Waals surface area contributed by atoms with E-state index in [0.717, 1.165) is 5.56 Å². The number of hydrogen-bond donors (Lipinski definition) is 2. The van der Waals surface area contributed by atoms with Gasteiger partial charge in [0.05, 0.1) is 13.2 Å². The summed E-state index contributed by atoms with van der Waals surface area (Å²) in [6.07, 6.45) is 0. The molecule has 5 nitrogen and oxygen atoms in total. The topological polar surface area (TPSA) is 73.6 Å². The molecule has 116 valence electrons. The van der Waals surface area contributed by atoms with E-state index in [-0.39, 0.29) is 5.91 Å². The van der Waals surface area contributed by atoms with Gasteiger partial charge in [-0.05, 0) is 36.8 Å². The fourth-order valence-corrected chi connectivity index (χ4v) is 1.86. The van der Waals surface area contributed by atoms with Crippen molar-refractivity contribution in [3.63, 3.8) is 0 Å². The van der Waals surface area contributed by atoms with E-state index in [9.17, 15) is 4.79 Å². The lowest BCUT2D eigenvalue weighted by Crippen LogP contribution is -2.37. The summed E-state index contributed by atoms with van der Waals surface area (Å²) < 4.78 is 11.0. The average Bonchev–Trinajstić information content (AvgIpc) is 2.54. The number of para-hydroxylation sites is 2. The smallest absolute Gasteiger partial charge is 0.236 e. The number of amides is 1. The molecule has 0 spiro atoms. The highest BCUT2D eigenvalue weighted by molar-refractivity contribution is 5.80. The summed E-state index contributed by atoms with van der Waals surface area (Å²) in [6, 6.07) is 14.4. The number of carbonyl (C=O) groups excluding carboxylic acids is 1. The van der Waals surface area contributed by atoms with Crippen LogP contribution in [-0.4, -0.2) is 19.1 Å². The maximum atomic E-state index is 11.4. The van der Waals surface area contributed by atoms with Crippen molar-refractivity contribution in [1.29, 1.82) is 0 Å². The van der Waals surface area contributed by atoms with Crippen molar-refractivity contribution < 1.29 is 14.3 Å². The Balaban J connectivity index is 1.98. The Hall–Kier alpha value is -2.53. The van der Waals surface area contributed by atoms with Gasteiger partial charge in [-0.2, -0.15) is 0 Å². The highest BCUT2D eigenvalue weighted by Gasteiger charge is 2.07. The second kappa shape index (κ2) is 7.47. The zero-order valence-corrected chi connectivity index (χ0v) is 12.7. The fraction of sp³-hybridized carbons (Fsp3) is 0.235. The van der Waals surface area contributed by atoms with Gasteiger partial charge in [-0.15, -0.1) is 0 Å². The van der Waals surface area contributed by atoms with Gasteiger partial charge in [-0.1, -0.05) is 24.3 Å². The summed E-state index contributed by atoms with van der Waals surface area (Å²) in [5, 5.41) is 2.76. The van der Waals surface area contributed by atoms with Crippen molar-refractivity contribution in [3.8, 4) is 17.2 Å². The molecule has 1 amide bonds. The predicted molar refractivity (Wildman–Crippen MR) is 85.0 cm³/mol. The molecule has 0 radical (unpaired) electrons. The molecule has 1 atom stereocenters. The quantitative estimate of drug-likeness (QED) is 0.859. The SMILES string of the molecule is COc1ccccc1Oc1ccc(CNC(=O)[C@H](C)N)cc1. The normalized spacial score (nSPS) is 11.6. The zero-order valence-electron chi connectivity index (χ0n) is 12.7. The molecule has 0 fully saturated rings. The van der Waals surface area contributed by atoms with Crippen LogP contribution in [-0.2, 0) is 11.3 Å². The van der Waals surface area contributed by atoms with Gasteiger partial charge in [-0.25, -0.2) is 0 Å². The Morgan fingerprint density at radius 3 is 2.36 bits per heavy atom. The van der Waals surface area contributed by atoms with Gasteiger partial charge in [0, 0.05) is 6.54 Å². The van der Waals surface area contributed by atoms with Crippen LogP contribution in [0, 0.1) is 0 Å². The van der Waals surface area contributed by atoms with Crippen LogP contribution in [0.3, 0.4) is 0 Å². The molecule has 2 aromatic carbocycles. The number of benzene rings is 2. The Morgan fingerprint density at radius 1 is 1.14 bits per heavy atom. The first-order valence-corrected chi connectivity index (χ1v) is 7.03. The van der Waals surface area contributed by atoms with E-state index < -0.39 is 6.04 Å². The summed E-state index contributed by atoms with van der Waals surface area (Å²) in [4.78, 5) is 11.4. The molecule has 0 saturated heterocycles. The predicted octanol–water partition coefficient (Wildman–Crippen LogP) is 2.45. The van der Waals surface area contributed by atoms with Crippen LogP contribution in [0.5, 0.6) is 17.2 Å². The van der Waals surface area contributed by atoms with Crippen molar-refractivity contribution >= 4 is 5.91 Å². The number of hydrogen-bond acceptors (Lipinski definition) is 4. The molecule has 0 heterocycles. The van der Waals surface area contributed by atoms with Crippen LogP contribution >= 0.6 is 0 Å². The number of rotatable bonds is 6. The third kappa shape index (κ3) is 4.23. The maximum Gasteiger partial charge on any atom is 0.236 e. The Labute approximate surface area is 130 Å². The summed E-state index contributed by atoms with van der Waals surface area (Å²) in [5.41, 5.74) is 6.47. The monoisotopic (exact) mass is 300 g/mol. The van der Waals surface area contributed by atoms with Crippen molar-refractivity contribution in [3.05, 3.63) is 54.1 Å². The van der Waals surface area contributed by atoms with Gasteiger partial charge in [0.25, 0.3) is 0 Å². The summed E-state index contributed by atoms with van der Waals surface area (Å²) in [7, 11) is 1.60. The molecular weight excluding hydrogens is 280 g/mol. The van der Waals surface area contributed by atoms with Gasteiger partial charge in [0.1, 0.15) is 5.75 Å². The first-order chi connectivity index (χ1) is 10.6. The Morgan fingerprint density at radius 2 is 1.77 bits per heavy atom. The maximum absolute atomic E-state index is 11.4. The molecule has 22 heavy (non-hydrogen) atoms. The summed E-state index contributed by atoms with van der Waals surface area (Å²) >= 11 is 0. The molecule has 0 aliphatic heterocycles. The lowest BCUT2D eigenvalue weighted by Gasteiger charge is -2.11. The van der Waals surface area contributed by atoms with Crippen LogP contribution in [0.25, 0.3) is 0 Å². The minimum absolute atomic E-state index is 0.172. The van der Waals surface area contributed by atoms with Gasteiger partial charge in [-0.3, -0.25) is 4.79 Å². The standard InChI is InChI=1S/C17H20N2O3/c1-12(18)17(20)19-11-13-7-9-14(10-8-13)22-16-6-4-3-5-15(16)21-2/h3-10,12H,11,18H2,1-2H3,(H,19,20)/t12-/m0/s1. The fourth-order valence-electron chi connectivity index (χ4n) is 1.86. The molecular formula is C17H20N2O3. The molecule has 2 rings (SSSR count). The number of nitrogens with two attached hydrogens (primary N) is 1. The molecule has 3 N–H and O–H groups in total. The minimum atomic E-state index is -0.506. The van der Waals surface area contributed by atoms with Gasteiger partial charge in [0.15, 0.2) is 11.5 Å². The van der Waals surface area contributed by atoms with Crippen molar-refractivity contribution in [2.24, 2.45) is 5.73 Å². The van der Waals surface area contributed by atoms with E-state index in [0.29, 0.717) is 23.8 Å². The van der Waals surface area contributed by atoms with Crippen LogP contribution in [0.4, 0.5) is 0 Å². The highest BCUT2D eigenvalue weighted by Crippen LogP contribution is 2.30. The van der Waals surface area contributed by atoms with E-state index in [1.54, 1.807) is 14.0 Å². The largest absolute Gasteiger partial charge is 0.493 e. The Bertz CT molecular complexity index is 624. The number of nitrogens with one attached hydrogen (secondary N) is 1. The van der Waals surface area contributed by atoms with Gasteiger partial charge < -0.3 is 20.5 Å². The van der Waals surface area contributed by atoms with Crippen LogP contribution in [0.2, 0.25) is 0 Å². The second-order valence-electron chi connectivity index (χ2n) is 4.90. The highest BCUT2D eigenvalue weighted by atomic mass is 16.5. The zero-order chi connectivity index (χ0) is 15.9. The molecule has 0 aliphatic carbocycles. The lowest BCUT2D eigenvalue weighted by molar-refractivity contribution is -0.122. The van der Waals surface area contributed by atoms with E-state index in [2.05, 4.69) is 5.32 Å². The summed E-state index contributed by atoms with van der Waals surface area (Å²) in [5.74, 6) is 1.86. The minimum Gasteiger partial charge on any atom is -0.493 e. The molecule has 0 saturated carbocycles. The first-order valence-electron chi connectivity index (χ1n) is 7.03. The third-order valence-electron chi connectivity index (χ3n) is 3.10. The van der Waals surface area contributed by atoms with Crippen molar-refractivity contribution in [2.75, 3.05) is 7.11 Å². The Kier molecular flexibility index (Phi) is 5.38.